The van der Waals surface area contributed by atoms with Crippen LogP contribution in [0.3, 0.4) is 0 Å². The molecule has 0 fully saturated rings. The highest BCUT2D eigenvalue weighted by Gasteiger charge is 2.11. The molecule has 0 radical (unpaired) electrons. The van der Waals surface area contributed by atoms with Crippen molar-refractivity contribution in [3.05, 3.63) is 71.5 Å². The van der Waals surface area contributed by atoms with Crippen molar-refractivity contribution in [3.8, 4) is 11.5 Å². The number of rotatable bonds is 6. The molecule has 27 heavy (non-hydrogen) atoms. The molecule has 0 aliphatic heterocycles. The Hall–Kier alpha value is -3.25. The summed E-state index contributed by atoms with van der Waals surface area (Å²) in [5.41, 5.74) is 2.39. The number of nitrogens with one attached hydrogen (secondary N) is 2. The van der Waals surface area contributed by atoms with Crippen LogP contribution in [0.15, 0.2) is 60.8 Å². The van der Waals surface area contributed by atoms with Crippen LogP contribution in [0.1, 0.15) is 10.5 Å². The third kappa shape index (κ3) is 4.48. The Morgan fingerprint density at radius 3 is 2.37 bits per heavy atom. The van der Waals surface area contributed by atoms with Crippen molar-refractivity contribution in [2.24, 2.45) is 0 Å². The number of anilines is 3. The number of carbonyl (C=O) groups is 1. The van der Waals surface area contributed by atoms with Crippen molar-refractivity contribution in [3.63, 3.8) is 0 Å². The Kier molecular flexibility index (Phi) is 5.78. The van der Waals surface area contributed by atoms with E-state index in [-0.39, 0.29) is 5.91 Å². The van der Waals surface area contributed by atoms with Gasteiger partial charge in [-0.1, -0.05) is 23.7 Å². The summed E-state index contributed by atoms with van der Waals surface area (Å²) >= 11 is 6.12. The van der Waals surface area contributed by atoms with Gasteiger partial charge in [0.1, 0.15) is 17.2 Å². The standard InChI is InChI=1S/C20H18ClN3O3/c1-26-18-10-8-13(11-15(18)21)23-14-7-9-17(22-12-14)20(25)24-16-5-3-4-6-19(16)27-2/h3-12,23H,1-2H3,(H,24,25). The smallest absolute Gasteiger partial charge is 0.274 e. The summed E-state index contributed by atoms with van der Waals surface area (Å²) in [6, 6.07) is 16.0. The average molecular weight is 384 g/mol. The third-order valence-corrected chi connectivity index (χ3v) is 4.09. The molecule has 0 bridgehead atoms. The largest absolute Gasteiger partial charge is 0.495 e. The molecule has 6 nitrogen and oxygen atoms in total. The van der Waals surface area contributed by atoms with Crippen molar-refractivity contribution in [2.45, 2.75) is 0 Å². The van der Waals surface area contributed by atoms with Crippen LogP contribution in [0.5, 0.6) is 11.5 Å². The van der Waals surface area contributed by atoms with Crippen molar-refractivity contribution in [2.75, 3.05) is 24.9 Å². The summed E-state index contributed by atoms with van der Waals surface area (Å²) in [7, 11) is 3.11. The molecule has 1 heterocycles. The molecule has 3 rings (SSSR count). The first kappa shape index (κ1) is 18.5. The summed E-state index contributed by atoms with van der Waals surface area (Å²) in [5.74, 6) is 0.864. The Labute approximate surface area is 162 Å². The lowest BCUT2D eigenvalue weighted by atomic mass is 10.2. The quantitative estimate of drug-likeness (QED) is 0.642. The molecule has 0 saturated carbocycles. The molecule has 1 amide bonds. The van der Waals surface area contributed by atoms with E-state index in [0.29, 0.717) is 27.9 Å². The second-order valence-corrected chi connectivity index (χ2v) is 5.97. The van der Waals surface area contributed by atoms with Gasteiger partial charge in [0.05, 0.1) is 36.8 Å². The minimum Gasteiger partial charge on any atom is -0.495 e. The van der Waals surface area contributed by atoms with E-state index < -0.39 is 0 Å². The molecule has 0 spiro atoms. The van der Waals surface area contributed by atoms with Crippen molar-refractivity contribution in [1.82, 2.24) is 4.98 Å². The van der Waals surface area contributed by atoms with Gasteiger partial charge >= 0.3 is 0 Å². The number of hydrogen-bond donors (Lipinski definition) is 2. The van der Waals surface area contributed by atoms with Gasteiger partial charge in [-0.15, -0.1) is 0 Å². The average Bonchev–Trinajstić information content (AvgIpc) is 2.69. The SMILES string of the molecule is COc1ccc(Nc2ccc(C(=O)Nc3ccccc3OC)nc2)cc1Cl. The summed E-state index contributed by atoms with van der Waals surface area (Å²) in [4.78, 5) is 16.6. The number of pyridine rings is 1. The van der Waals surface area contributed by atoms with E-state index in [1.165, 1.54) is 0 Å². The molecular formula is C20H18ClN3O3. The number of methoxy groups -OCH3 is 2. The van der Waals surface area contributed by atoms with E-state index >= 15 is 0 Å². The van der Waals surface area contributed by atoms with E-state index in [0.717, 1.165) is 11.4 Å². The summed E-state index contributed by atoms with van der Waals surface area (Å²) in [6.07, 6.45) is 1.58. The maximum atomic E-state index is 12.4. The molecule has 2 N–H and O–H groups in total. The van der Waals surface area contributed by atoms with Crippen LogP contribution in [0.25, 0.3) is 0 Å². The number of benzene rings is 2. The highest BCUT2D eigenvalue weighted by molar-refractivity contribution is 6.32. The van der Waals surface area contributed by atoms with E-state index in [1.807, 2.05) is 18.2 Å². The summed E-state index contributed by atoms with van der Waals surface area (Å²) in [6.45, 7) is 0. The Morgan fingerprint density at radius 1 is 0.963 bits per heavy atom. The fraction of sp³-hybridized carbons (Fsp3) is 0.100. The van der Waals surface area contributed by atoms with Gasteiger partial charge in [0, 0.05) is 5.69 Å². The molecule has 1 aromatic heterocycles. The molecule has 0 atom stereocenters. The zero-order chi connectivity index (χ0) is 19.2. The van der Waals surface area contributed by atoms with Gasteiger partial charge in [-0.2, -0.15) is 0 Å². The zero-order valence-corrected chi connectivity index (χ0v) is 15.6. The second kappa shape index (κ2) is 8.42. The molecule has 2 aromatic carbocycles. The predicted octanol–water partition coefficient (Wildman–Crippen LogP) is 4.75. The second-order valence-electron chi connectivity index (χ2n) is 5.56. The fourth-order valence-corrected chi connectivity index (χ4v) is 2.70. The molecule has 0 unspecified atom stereocenters. The molecular weight excluding hydrogens is 366 g/mol. The Morgan fingerprint density at radius 2 is 1.70 bits per heavy atom. The van der Waals surface area contributed by atoms with Crippen LogP contribution in [-0.2, 0) is 0 Å². The van der Waals surface area contributed by atoms with Gasteiger partial charge in [0.15, 0.2) is 0 Å². The lowest BCUT2D eigenvalue weighted by molar-refractivity contribution is 0.102. The number of hydrogen-bond acceptors (Lipinski definition) is 5. The van der Waals surface area contributed by atoms with E-state index in [1.54, 1.807) is 56.8 Å². The van der Waals surface area contributed by atoms with Gasteiger partial charge in [0.2, 0.25) is 0 Å². The number of nitrogens with zero attached hydrogens (tertiary/aromatic N) is 1. The fourth-order valence-electron chi connectivity index (χ4n) is 2.45. The van der Waals surface area contributed by atoms with Crippen molar-refractivity contribution in [1.29, 1.82) is 0 Å². The molecule has 0 aliphatic rings. The van der Waals surface area contributed by atoms with E-state index in [4.69, 9.17) is 21.1 Å². The van der Waals surface area contributed by atoms with Crippen LogP contribution >= 0.6 is 11.6 Å². The topological polar surface area (TPSA) is 72.5 Å². The minimum absolute atomic E-state index is 0.291. The lowest BCUT2D eigenvalue weighted by Crippen LogP contribution is -2.14. The number of halogens is 1. The lowest BCUT2D eigenvalue weighted by Gasteiger charge is -2.11. The van der Waals surface area contributed by atoms with Gasteiger partial charge in [0.25, 0.3) is 5.91 Å². The highest BCUT2D eigenvalue weighted by atomic mass is 35.5. The van der Waals surface area contributed by atoms with Crippen LogP contribution in [0.2, 0.25) is 5.02 Å². The summed E-state index contributed by atoms with van der Waals surface area (Å²) < 4.78 is 10.4. The zero-order valence-electron chi connectivity index (χ0n) is 14.8. The van der Waals surface area contributed by atoms with Crippen LogP contribution in [0, 0.1) is 0 Å². The highest BCUT2D eigenvalue weighted by Crippen LogP contribution is 2.29. The van der Waals surface area contributed by atoms with E-state index in [9.17, 15) is 4.79 Å². The maximum absolute atomic E-state index is 12.4. The normalized spacial score (nSPS) is 10.2. The van der Waals surface area contributed by atoms with E-state index in [2.05, 4.69) is 15.6 Å². The van der Waals surface area contributed by atoms with Gasteiger partial charge in [-0.05, 0) is 42.5 Å². The Bertz CT molecular complexity index is 945. The molecule has 0 aliphatic carbocycles. The predicted molar refractivity (Wildman–Crippen MR) is 106 cm³/mol. The van der Waals surface area contributed by atoms with Gasteiger partial charge in [-0.25, -0.2) is 4.98 Å². The first-order chi connectivity index (χ1) is 13.1. The first-order valence-electron chi connectivity index (χ1n) is 8.11. The van der Waals surface area contributed by atoms with Gasteiger partial charge in [-0.3, -0.25) is 4.79 Å². The number of para-hydroxylation sites is 2. The third-order valence-electron chi connectivity index (χ3n) is 3.79. The van der Waals surface area contributed by atoms with Gasteiger partial charge < -0.3 is 20.1 Å². The number of carbonyl (C=O) groups excluding carboxylic acids is 1. The maximum Gasteiger partial charge on any atom is 0.274 e. The van der Waals surface area contributed by atoms with Crippen molar-refractivity contribution < 1.29 is 14.3 Å². The number of aromatic nitrogens is 1. The summed E-state index contributed by atoms with van der Waals surface area (Å²) in [5, 5.41) is 6.47. The minimum atomic E-state index is -0.321. The van der Waals surface area contributed by atoms with Crippen LogP contribution in [-0.4, -0.2) is 25.1 Å². The van der Waals surface area contributed by atoms with Crippen LogP contribution in [0.4, 0.5) is 17.1 Å². The number of amides is 1. The molecule has 138 valence electrons. The van der Waals surface area contributed by atoms with Crippen molar-refractivity contribution >= 4 is 34.6 Å². The monoisotopic (exact) mass is 383 g/mol. The molecule has 0 saturated heterocycles. The Balaban J connectivity index is 1.69. The number of ether oxygens (including phenoxy) is 2. The molecule has 3 aromatic rings. The first-order valence-corrected chi connectivity index (χ1v) is 8.49. The molecule has 7 heteroatoms. The van der Waals surface area contributed by atoms with Crippen LogP contribution < -0.4 is 20.1 Å².